The highest BCUT2D eigenvalue weighted by Gasteiger charge is 2.29. The molecule has 0 bridgehead atoms. The van der Waals surface area contributed by atoms with Gasteiger partial charge in [0.05, 0.1) is 13.2 Å². The highest BCUT2D eigenvalue weighted by Crippen LogP contribution is 2.34. The maximum Gasteiger partial charge on any atom is 0.123 e. The molecule has 2 atom stereocenters. The van der Waals surface area contributed by atoms with Gasteiger partial charge in [0.25, 0.3) is 0 Å². The molecule has 1 aliphatic rings. The van der Waals surface area contributed by atoms with Crippen LogP contribution in [-0.2, 0) is 11.3 Å². The van der Waals surface area contributed by atoms with Crippen molar-refractivity contribution in [3.8, 4) is 0 Å². The maximum atomic E-state index is 13.2. The summed E-state index contributed by atoms with van der Waals surface area (Å²) in [6.45, 7) is 3.10. The van der Waals surface area contributed by atoms with E-state index in [1.165, 1.54) is 17.7 Å². The predicted octanol–water partition coefficient (Wildman–Crippen LogP) is 3.79. The fourth-order valence-electron chi connectivity index (χ4n) is 3.58. The third kappa shape index (κ3) is 5.11. The van der Waals surface area contributed by atoms with E-state index < -0.39 is 0 Å². The van der Waals surface area contributed by atoms with E-state index in [4.69, 9.17) is 4.74 Å². The standard InChI is InChI=1S/C21H26FNO2/c22-20-8-6-19(7-9-20)21-14-18(10-11-23(21)12-13-24)16-25-15-17-4-2-1-3-5-17/h1-9,18,21,24H,10-16H2. The third-order valence-electron chi connectivity index (χ3n) is 4.93. The van der Waals surface area contributed by atoms with E-state index in [9.17, 15) is 9.50 Å². The van der Waals surface area contributed by atoms with Crippen LogP contribution in [0.4, 0.5) is 4.39 Å². The number of aliphatic hydroxyl groups is 1. The van der Waals surface area contributed by atoms with Gasteiger partial charge in [-0.25, -0.2) is 4.39 Å². The highest BCUT2D eigenvalue weighted by molar-refractivity contribution is 5.21. The Bertz CT molecular complexity index is 632. The van der Waals surface area contributed by atoms with Crippen molar-refractivity contribution < 1.29 is 14.2 Å². The van der Waals surface area contributed by atoms with Crippen molar-refractivity contribution in [2.45, 2.75) is 25.5 Å². The SMILES string of the molecule is OCCN1CCC(COCc2ccccc2)CC1c1ccc(F)cc1. The van der Waals surface area contributed by atoms with E-state index in [0.29, 0.717) is 19.1 Å². The summed E-state index contributed by atoms with van der Waals surface area (Å²) in [6.07, 6.45) is 2.03. The molecule has 0 amide bonds. The van der Waals surface area contributed by atoms with E-state index in [-0.39, 0.29) is 18.5 Å². The first kappa shape index (κ1) is 18.1. The van der Waals surface area contributed by atoms with Gasteiger partial charge in [0.15, 0.2) is 0 Å². The molecule has 1 saturated heterocycles. The molecule has 134 valence electrons. The van der Waals surface area contributed by atoms with E-state index in [1.54, 1.807) is 0 Å². The van der Waals surface area contributed by atoms with Crippen LogP contribution in [0.1, 0.15) is 30.0 Å². The van der Waals surface area contributed by atoms with Crippen LogP contribution >= 0.6 is 0 Å². The Morgan fingerprint density at radius 2 is 1.84 bits per heavy atom. The van der Waals surface area contributed by atoms with Gasteiger partial charge in [0.1, 0.15) is 5.82 Å². The number of halogens is 1. The Morgan fingerprint density at radius 3 is 2.56 bits per heavy atom. The number of ether oxygens (including phenoxy) is 1. The minimum atomic E-state index is -0.212. The Kier molecular flexibility index (Phi) is 6.56. The summed E-state index contributed by atoms with van der Waals surface area (Å²) >= 11 is 0. The summed E-state index contributed by atoms with van der Waals surface area (Å²) in [6, 6.07) is 17.2. The van der Waals surface area contributed by atoms with Crippen LogP contribution in [-0.4, -0.2) is 36.3 Å². The molecule has 1 aliphatic heterocycles. The van der Waals surface area contributed by atoms with E-state index in [0.717, 1.165) is 31.6 Å². The molecular weight excluding hydrogens is 317 g/mol. The molecule has 2 unspecified atom stereocenters. The molecule has 3 nitrogen and oxygen atoms in total. The van der Waals surface area contributed by atoms with Gasteiger partial charge in [-0.15, -0.1) is 0 Å². The molecule has 3 rings (SSSR count). The lowest BCUT2D eigenvalue weighted by atomic mass is 9.87. The second kappa shape index (κ2) is 9.09. The van der Waals surface area contributed by atoms with Crippen molar-refractivity contribution >= 4 is 0 Å². The number of aliphatic hydroxyl groups excluding tert-OH is 1. The summed E-state index contributed by atoms with van der Waals surface area (Å²) in [7, 11) is 0. The van der Waals surface area contributed by atoms with Crippen molar-refractivity contribution in [3.63, 3.8) is 0 Å². The Hall–Kier alpha value is -1.75. The summed E-state index contributed by atoms with van der Waals surface area (Å²) in [5, 5.41) is 9.33. The smallest absolute Gasteiger partial charge is 0.123 e. The summed E-state index contributed by atoms with van der Waals surface area (Å²) in [5.41, 5.74) is 2.30. The molecule has 0 aromatic heterocycles. The van der Waals surface area contributed by atoms with Gasteiger partial charge in [0.2, 0.25) is 0 Å². The van der Waals surface area contributed by atoms with E-state index in [2.05, 4.69) is 17.0 Å². The number of piperidine rings is 1. The Labute approximate surface area is 149 Å². The average molecular weight is 343 g/mol. The number of hydrogen-bond donors (Lipinski definition) is 1. The topological polar surface area (TPSA) is 32.7 Å². The molecule has 0 radical (unpaired) electrons. The molecular formula is C21H26FNO2. The van der Waals surface area contributed by atoms with Crippen molar-refractivity contribution in [1.82, 2.24) is 4.90 Å². The second-order valence-corrected chi connectivity index (χ2v) is 6.72. The van der Waals surface area contributed by atoms with Crippen LogP contribution in [0.15, 0.2) is 54.6 Å². The number of β-amino-alcohol motifs (C(OH)–C–C–N with tert-alkyl or cyclic N) is 1. The molecule has 0 saturated carbocycles. The third-order valence-corrected chi connectivity index (χ3v) is 4.93. The van der Waals surface area contributed by atoms with Crippen LogP contribution in [0.2, 0.25) is 0 Å². The normalized spacial score (nSPS) is 21.4. The zero-order valence-corrected chi connectivity index (χ0v) is 14.5. The molecule has 0 spiro atoms. The minimum absolute atomic E-state index is 0.146. The molecule has 1 N–H and O–H groups in total. The maximum absolute atomic E-state index is 13.2. The average Bonchev–Trinajstić information content (AvgIpc) is 2.65. The van der Waals surface area contributed by atoms with Crippen LogP contribution in [0, 0.1) is 11.7 Å². The lowest BCUT2D eigenvalue weighted by Crippen LogP contribution is -2.39. The molecule has 4 heteroatoms. The van der Waals surface area contributed by atoms with Gasteiger partial charge < -0.3 is 9.84 Å². The highest BCUT2D eigenvalue weighted by atomic mass is 19.1. The molecule has 1 fully saturated rings. The largest absolute Gasteiger partial charge is 0.395 e. The Balaban J connectivity index is 1.58. The fourth-order valence-corrected chi connectivity index (χ4v) is 3.58. The monoisotopic (exact) mass is 343 g/mol. The number of likely N-dealkylation sites (tertiary alicyclic amines) is 1. The van der Waals surface area contributed by atoms with Gasteiger partial charge in [-0.1, -0.05) is 42.5 Å². The number of rotatable bonds is 7. The second-order valence-electron chi connectivity index (χ2n) is 6.72. The molecule has 2 aromatic carbocycles. The number of nitrogens with zero attached hydrogens (tertiary/aromatic N) is 1. The predicted molar refractivity (Wildman–Crippen MR) is 96.6 cm³/mol. The van der Waals surface area contributed by atoms with Gasteiger partial charge in [-0.05, 0) is 48.6 Å². The van der Waals surface area contributed by atoms with E-state index in [1.807, 2.05) is 30.3 Å². The molecule has 1 heterocycles. The van der Waals surface area contributed by atoms with Crippen LogP contribution in [0.25, 0.3) is 0 Å². The number of benzene rings is 2. The van der Waals surface area contributed by atoms with Crippen LogP contribution < -0.4 is 0 Å². The minimum Gasteiger partial charge on any atom is -0.395 e. The van der Waals surface area contributed by atoms with E-state index >= 15 is 0 Å². The number of hydrogen-bond acceptors (Lipinski definition) is 3. The zero-order valence-electron chi connectivity index (χ0n) is 14.5. The van der Waals surface area contributed by atoms with Crippen molar-refractivity contribution in [3.05, 3.63) is 71.5 Å². The van der Waals surface area contributed by atoms with Gasteiger partial charge in [0, 0.05) is 19.2 Å². The first-order chi connectivity index (χ1) is 12.3. The first-order valence-electron chi connectivity index (χ1n) is 8.98. The lowest BCUT2D eigenvalue weighted by molar-refractivity contribution is 0.0293. The zero-order chi connectivity index (χ0) is 17.5. The summed E-state index contributed by atoms with van der Waals surface area (Å²) < 4.78 is 19.2. The fraction of sp³-hybridized carbons (Fsp3) is 0.429. The van der Waals surface area contributed by atoms with Gasteiger partial charge in [-0.3, -0.25) is 4.90 Å². The van der Waals surface area contributed by atoms with Crippen molar-refractivity contribution in [2.24, 2.45) is 5.92 Å². The van der Waals surface area contributed by atoms with Gasteiger partial charge >= 0.3 is 0 Å². The van der Waals surface area contributed by atoms with Crippen molar-refractivity contribution in [1.29, 1.82) is 0 Å². The summed E-state index contributed by atoms with van der Waals surface area (Å²) in [5.74, 6) is 0.268. The molecule has 2 aromatic rings. The molecule has 0 aliphatic carbocycles. The summed E-state index contributed by atoms with van der Waals surface area (Å²) in [4.78, 5) is 2.29. The Morgan fingerprint density at radius 1 is 1.08 bits per heavy atom. The lowest BCUT2D eigenvalue weighted by Gasteiger charge is -2.39. The molecule has 25 heavy (non-hydrogen) atoms. The van der Waals surface area contributed by atoms with Crippen LogP contribution in [0.3, 0.4) is 0 Å². The van der Waals surface area contributed by atoms with Gasteiger partial charge in [-0.2, -0.15) is 0 Å². The quantitative estimate of drug-likeness (QED) is 0.830. The first-order valence-corrected chi connectivity index (χ1v) is 8.98. The van der Waals surface area contributed by atoms with Crippen molar-refractivity contribution in [2.75, 3.05) is 26.3 Å². The van der Waals surface area contributed by atoms with Crippen LogP contribution in [0.5, 0.6) is 0 Å².